The Bertz CT molecular complexity index is 434. The minimum atomic E-state index is -0.0688. The van der Waals surface area contributed by atoms with Crippen molar-refractivity contribution in [3.05, 3.63) is 29.8 Å². The summed E-state index contributed by atoms with van der Waals surface area (Å²) in [5, 5.41) is 5.92. The summed E-state index contributed by atoms with van der Waals surface area (Å²) in [6.07, 6.45) is 7.26. The summed E-state index contributed by atoms with van der Waals surface area (Å²) in [5.41, 5.74) is 1.89. The number of aryl methyl sites for hydroxylation is 1. The molecular weight excluding hydrogens is 224 g/mol. The van der Waals surface area contributed by atoms with E-state index >= 15 is 0 Å². The van der Waals surface area contributed by atoms with Crippen LogP contribution in [0.5, 0.6) is 0 Å². The fourth-order valence-corrected chi connectivity index (χ4v) is 1.66. The number of anilines is 1. The lowest BCUT2D eigenvalue weighted by molar-refractivity contribution is -0.115. The smallest absolute Gasteiger partial charge is 0.238 e. The van der Waals surface area contributed by atoms with Gasteiger partial charge in [-0.15, -0.1) is 6.42 Å². The number of hydrogen-bond donors (Lipinski definition) is 2. The lowest BCUT2D eigenvalue weighted by Crippen LogP contribution is -2.35. The van der Waals surface area contributed by atoms with Crippen LogP contribution in [0.2, 0.25) is 0 Å². The molecule has 18 heavy (non-hydrogen) atoms. The van der Waals surface area contributed by atoms with Crippen LogP contribution in [0.1, 0.15) is 25.3 Å². The van der Waals surface area contributed by atoms with Gasteiger partial charge in [0.1, 0.15) is 0 Å². The fourth-order valence-electron chi connectivity index (χ4n) is 1.66. The zero-order valence-corrected chi connectivity index (χ0v) is 11.0. The molecule has 2 N–H and O–H groups in total. The Balaban J connectivity index is 2.43. The third-order valence-corrected chi connectivity index (χ3v) is 2.71. The van der Waals surface area contributed by atoms with E-state index in [-0.39, 0.29) is 18.5 Å². The van der Waals surface area contributed by atoms with Crippen molar-refractivity contribution in [2.75, 3.05) is 11.9 Å². The number of hydrogen-bond acceptors (Lipinski definition) is 2. The average Bonchev–Trinajstić information content (AvgIpc) is 2.37. The summed E-state index contributed by atoms with van der Waals surface area (Å²) in [6, 6.07) is 7.66. The highest BCUT2D eigenvalue weighted by Crippen LogP contribution is 2.12. The highest BCUT2D eigenvalue weighted by atomic mass is 16.1. The van der Waals surface area contributed by atoms with Gasteiger partial charge in [0.25, 0.3) is 0 Å². The minimum Gasteiger partial charge on any atom is -0.325 e. The Labute approximate surface area is 109 Å². The Morgan fingerprint density at radius 1 is 1.44 bits per heavy atom. The van der Waals surface area contributed by atoms with Crippen LogP contribution in [0.3, 0.4) is 0 Å². The van der Waals surface area contributed by atoms with Crippen LogP contribution in [-0.2, 0) is 4.79 Å². The van der Waals surface area contributed by atoms with Crippen LogP contribution in [0.15, 0.2) is 24.3 Å². The molecule has 1 amide bonds. The molecule has 0 aromatic heterocycles. The van der Waals surface area contributed by atoms with Gasteiger partial charge >= 0.3 is 0 Å². The van der Waals surface area contributed by atoms with E-state index in [2.05, 4.69) is 23.5 Å². The normalized spacial score (nSPS) is 11.6. The maximum absolute atomic E-state index is 11.7. The Kier molecular flexibility index (Phi) is 5.96. The van der Waals surface area contributed by atoms with E-state index in [0.29, 0.717) is 0 Å². The highest BCUT2D eigenvalue weighted by Gasteiger charge is 2.07. The summed E-state index contributed by atoms with van der Waals surface area (Å²) < 4.78 is 0. The van der Waals surface area contributed by atoms with Gasteiger partial charge < -0.3 is 5.32 Å². The van der Waals surface area contributed by atoms with Crippen molar-refractivity contribution in [2.24, 2.45) is 0 Å². The lowest BCUT2D eigenvalue weighted by Gasteiger charge is -2.12. The fraction of sp³-hybridized carbons (Fsp3) is 0.400. The summed E-state index contributed by atoms with van der Waals surface area (Å²) in [4.78, 5) is 11.7. The van der Waals surface area contributed by atoms with Crippen LogP contribution in [-0.4, -0.2) is 18.5 Å². The number of para-hydroxylation sites is 1. The van der Waals surface area contributed by atoms with Gasteiger partial charge in [-0.05, 0) is 25.0 Å². The molecule has 1 aromatic rings. The van der Waals surface area contributed by atoms with Crippen molar-refractivity contribution in [3.63, 3.8) is 0 Å². The molecule has 1 rings (SSSR count). The first-order valence-corrected chi connectivity index (χ1v) is 6.22. The van der Waals surface area contributed by atoms with E-state index < -0.39 is 0 Å². The van der Waals surface area contributed by atoms with Crippen LogP contribution in [0.4, 0.5) is 5.69 Å². The minimum absolute atomic E-state index is 0.0300. The van der Waals surface area contributed by atoms with E-state index in [1.165, 1.54) is 0 Å². The molecular formula is C15H20N2O. The van der Waals surface area contributed by atoms with Gasteiger partial charge in [-0.3, -0.25) is 10.1 Å². The second kappa shape index (κ2) is 7.52. The molecule has 0 aliphatic rings. The number of terminal acetylenes is 1. The zero-order valence-electron chi connectivity index (χ0n) is 11.0. The first-order valence-electron chi connectivity index (χ1n) is 6.22. The van der Waals surface area contributed by atoms with Crippen LogP contribution in [0, 0.1) is 19.3 Å². The van der Waals surface area contributed by atoms with Crippen molar-refractivity contribution in [1.82, 2.24) is 5.32 Å². The van der Waals surface area contributed by atoms with Gasteiger partial charge in [0.15, 0.2) is 0 Å². The predicted octanol–water partition coefficient (Wildman–Crippen LogP) is 2.33. The van der Waals surface area contributed by atoms with Crippen molar-refractivity contribution in [3.8, 4) is 12.3 Å². The molecule has 0 aliphatic heterocycles. The topological polar surface area (TPSA) is 41.1 Å². The van der Waals surface area contributed by atoms with Crippen molar-refractivity contribution < 1.29 is 4.79 Å². The first-order chi connectivity index (χ1) is 8.67. The molecule has 0 heterocycles. The van der Waals surface area contributed by atoms with Crippen LogP contribution in [0.25, 0.3) is 0 Å². The first kappa shape index (κ1) is 14.3. The summed E-state index contributed by atoms with van der Waals surface area (Å²) >= 11 is 0. The summed E-state index contributed by atoms with van der Waals surface area (Å²) in [7, 11) is 0. The molecule has 0 spiro atoms. The van der Waals surface area contributed by atoms with Gasteiger partial charge in [-0.2, -0.15) is 0 Å². The van der Waals surface area contributed by atoms with Crippen LogP contribution < -0.4 is 10.6 Å². The molecule has 1 unspecified atom stereocenters. The molecule has 3 heteroatoms. The number of benzene rings is 1. The van der Waals surface area contributed by atoms with Crippen molar-refractivity contribution in [2.45, 2.75) is 32.7 Å². The van der Waals surface area contributed by atoms with Gasteiger partial charge in [0.2, 0.25) is 5.91 Å². The van der Waals surface area contributed by atoms with Crippen molar-refractivity contribution >= 4 is 11.6 Å². The standard InChI is InChI=1S/C15H20N2O/c1-4-8-13(5-2)16-11-15(18)17-14-10-7-6-9-12(14)3/h2,6-7,9-10,13,16H,4,8,11H2,1,3H3,(H,17,18). The molecule has 0 saturated carbocycles. The molecule has 0 bridgehead atoms. The highest BCUT2D eigenvalue weighted by molar-refractivity contribution is 5.92. The largest absolute Gasteiger partial charge is 0.325 e. The van der Waals surface area contributed by atoms with Gasteiger partial charge in [-0.25, -0.2) is 0 Å². The van der Waals surface area contributed by atoms with Crippen LogP contribution >= 0.6 is 0 Å². The SMILES string of the molecule is C#CC(CCC)NCC(=O)Nc1ccccc1C. The second-order valence-electron chi connectivity index (χ2n) is 4.25. The van der Waals surface area contributed by atoms with E-state index in [1.54, 1.807) is 0 Å². The summed E-state index contributed by atoms with van der Waals surface area (Å²) in [6.45, 7) is 4.27. The van der Waals surface area contributed by atoms with E-state index in [4.69, 9.17) is 6.42 Å². The maximum atomic E-state index is 11.7. The molecule has 0 aliphatic carbocycles. The molecule has 0 fully saturated rings. The number of carbonyl (C=O) groups is 1. The molecule has 1 aromatic carbocycles. The molecule has 0 saturated heterocycles. The maximum Gasteiger partial charge on any atom is 0.238 e. The third-order valence-electron chi connectivity index (χ3n) is 2.71. The van der Waals surface area contributed by atoms with E-state index in [1.807, 2.05) is 31.2 Å². The Morgan fingerprint density at radius 3 is 2.78 bits per heavy atom. The zero-order chi connectivity index (χ0) is 13.4. The Hall–Kier alpha value is -1.79. The Morgan fingerprint density at radius 2 is 2.17 bits per heavy atom. The molecule has 0 radical (unpaired) electrons. The predicted molar refractivity (Wildman–Crippen MR) is 75.3 cm³/mol. The van der Waals surface area contributed by atoms with Gasteiger partial charge in [0.05, 0.1) is 12.6 Å². The number of rotatable bonds is 6. The van der Waals surface area contributed by atoms with Gasteiger partial charge in [0, 0.05) is 5.69 Å². The number of carbonyl (C=O) groups excluding carboxylic acids is 1. The summed E-state index contributed by atoms with van der Waals surface area (Å²) in [5.74, 6) is 2.57. The molecule has 3 nitrogen and oxygen atoms in total. The average molecular weight is 244 g/mol. The quantitative estimate of drug-likeness (QED) is 0.754. The number of nitrogens with one attached hydrogen (secondary N) is 2. The number of amides is 1. The monoisotopic (exact) mass is 244 g/mol. The second-order valence-corrected chi connectivity index (χ2v) is 4.25. The molecule has 1 atom stereocenters. The van der Waals surface area contributed by atoms with E-state index in [0.717, 1.165) is 24.1 Å². The van der Waals surface area contributed by atoms with Crippen molar-refractivity contribution in [1.29, 1.82) is 0 Å². The van der Waals surface area contributed by atoms with E-state index in [9.17, 15) is 4.79 Å². The third kappa shape index (κ3) is 4.60. The van der Waals surface area contributed by atoms with Gasteiger partial charge in [-0.1, -0.05) is 37.5 Å². The lowest BCUT2D eigenvalue weighted by atomic mass is 10.2. The molecule has 96 valence electrons.